The van der Waals surface area contributed by atoms with Crippen LogP contribution in [0.15, 0.2) is 29.4 Å². The molecular formula is C11H14FNO. The largest absolute Gasteiger partial charge is 0.391 e. The molecule has 0 aliphatic rings. The smallest absolute Gasteiger partial charge is 0.142 e. The van der Waals surface area contributed by atoms with E-state index >= 15 is 0 Å². The van der Waals surface area contributed by atoms with Gasteiger partial charge in [0.25, 0.3) is 0 Å². The van der Waals surface area contributed by atoms with E-state index in [0.29, 0.717) is 6.61 Å². The number of benzene rings is 1. The summed E-state index contributed by atoms with van der Waals surface area (Å²) in [6.07, 6.45) is 3.72. The maximum Gasteiger partial charge on any atom is 0.142 e. The topological polar surface area (TPSA) is 21.6 Å². The Morgan fingerprint density at radius 2 is 2.07 bits per heavy atom. The molecule has 0 aromatic heterocycles. The summed E-state index contributed by atoms with van der Waals surface area (Å²) in [5, 5.41) is 3.76. The van der Waals surface area contributed by atoms with Gasteiger partial charge in [-0.15, -0.1) is 0 Å². The predicted octanol–water partition coefficient (Wildman–Crippen LogP) is 3.13. The molecule has 0 atom stereocenters. The van der Waals surface area contributed by atoms with Crippen LogP contribution in [0.5, 0.6) is 0 Å². The number of oxime groups is 1. The molecule has 1 aromatic rings. The third-order valence-electron chi connectivity index (χ3n) is 1.71. The number of hydrogen-bond acceptors (Lipinski definition) is 2. The highest BCUT2D eigenvalue weighted by Crippen LogP contribution is 2.03. The molecule has 0 spiro atoms. The van der Waals surface area contributed by atoms with Gasteiger partial charge in [-0.05, 0) is 24.1 Å². The lowest BCUT2D eigenvalue weighted by atomic mass is 10.2. The molecule has 0 aliphatic carbocycles. The first-order valence-corrected chi connectivity index (χ1v) is 4.71. The van der Waals surface area contributed by atoms with Crippen molar-refractivity contribution in [2.75, 3.05) is 0 Å². The standard InChI is InChI=1S/C11H14FNO/c1-2-3-8-13-14-9-10-4-6-11(12)7-5-10/h4-8H,2-3,9H2,1H3. The van der Waals surface area contributed by atoms with E-state index in [-0.39, 0.29) is 5.82 Å². The molecule has 1 aromatic carbocycles. The number of nitrogens with zero attached hydrogens (tertiary/aromatic N) is 1. The minimum atomic E-state index is -0.233. The zero-order valence-electron chi connectivity index (χ0n) is 8.24. The normalized spacial score (nSPS) is 10.7. The molecule has 0 fully saturated rings. The van der Waals surface area contributed by atoms with E-state index < -0.39 is 0 Å². The molecular weight excluding hydrogens is 181 g/mol. The van der Waals surface area contributed by atoms with Gasteiger partial charge in [0.1, 0.15) is 12.4 Å². The van der Waals surface area contributed by atoms with Gasteiger partial charge in [-0.25, -0.2) is 4.39 Å². The van der Waals surface area contributed by atoms with Crippen LogP contribution in [-0.4, -0.2) is 6.21 Å². The molecule has 0 amide bonds. The molecule has 76 valence electrons. The van der Waals surface area contributed by atoms with E-state index in [1.54, 1.807) is 18.3 Å². The van der Waals surface area contributed by atoms with Gasteiger partial charge in [0.15, 0.2) is 0 Å². The lowest BCUT2D eigenvalue weighted by Gasteiger charge is -1.98. The Bertz CT molecular complexity index is 282. The summed E-state index contributed by atoms with van der Waals surface area (Å²) in [7, 11) is 0. The Balaban J connectivity index is 2.28. The van der Waals surface area contributed by atoms with Gasteiger partial charge >= 0.3 is 0 Å². The lowest BCUT2D eigenvalue weighted by molar-refractivity contribution is 0.131. The van der Waals surface area contributed by atoms with Crippen molar-refractivity contribution in [3.05, 3.63) is 35.6 Å². The lowest BCUT2D eigenvalue weighted by Crippen LogP contribution is -1.87. The molecule has 0 saturated carbocycles. The minimum Gasteiger partial charge on any atom is -0.391 e. The molecule has 0 aliphatic heterocycles. The highest BCUT2D eigenvalue weighted by Gasteiger charge is 1.92. The van der Waals surface area contributed by atoms with Gasteiger partial charge in [-0.2, -0.15) is 0 Å². The molecule has 1 rings (SSSR count). The molecule has 14 heavy (non-hydrogen) atoms. The van der Waals surface area contributed by atoms with Gasteiger partial charge in [0.2, 0.25) is 0 Å². The summed E-state index contributed by atoms with van der Waals surface area (Å²) in [5.74, 6) is -0.233. The molecule has 2 nitrogen and oxygen atoms in total. The second-order valence-electron chi connectivity index (χ2n) is 2.98. The van der Waals surface area contributed by atoms with E-state index in [1.165, 1.54) is 12.1 Å². The van der Waals surface area contributed by atoms with Gasteiger partial charge in [0.05, 0.1) is 0 Å². The van der Waals surface area contributed by atoms with Gasteiger partial charge in [0, 0.05) is 6.21 Å². The molecule has 3 heteroatoms. The van der Waals surface area contributed by atoms with Crippen LogP contribution in [0.3, 0.4) is 0 Å². The van der Waals surface area contributed by atoms with E-state index in [1.807, 2.05) is 0 Å². The monoisotopic (exact) mass is 195 g/mol. The summed E-state index contributed by atoms with van der Waals surface area (Å²) in [4.78, 5) is 5.01. The fourth-order valence-electron chi connectivity index (χ4n) is 0.927. The maximum atomic E-state index is 12.5. The molecule has 0 heterocycles. The molecule has 0 unspecified atom stereocenters. The van der Waals surface area contributed by atoms with Crippen LogP contribution in [0.1, 0.15) is 25.3 Å². The Hall–Kier alpha value is -1.38. The second-order valence-corrected chi connectivity index (χ2v) is 2.98. The zero-order chi connectivity index (χ0) is 10.2. The number of rotatable bonds is 5. The number of hydrogen-bond donors (Lipinski definition) is 0. The Morgan fingerprint density at radius 3 is 2.71 bits per heavy atom. The first kappa shape index (κ1) is 10.7. The van der Waals surface area contributed by atoms with Crippen molar-refractivity contribution in [3.8, 4) is 0 Å². The molecule has 0 bridgehead atoms. The van der Waals surface area contributed by atoms with Crippen LogP contribution < -0.4 is 0 Å². The van der Waals surface area contributed by atoms with E-state index in [0.717, 1.165) is 18.4 Å². The Kier molecular flexibility index (Phi) is 4.69. The highest BCUT2D eigenvalue weighted by atomic mass is 19.1. The van der Waals surface area contributed by atoms with Gasteiger partial charge < -0.3 is 4.84 Å². The zero-order valence-corrected chi connectivity index (χ0v) is 8.24. The average molecular weight is 195 g/mol. The van der Waals surface area contributed by atoms with Crippen LogP contribution in [-0.2, 0) is 11.4 Å². The number of halogens is 1. The first-order valence-electron chi connectivity index (χ1n) is 4.71. The van der Waals surface area contributed by atoms with Crippen LogP contribution in [0.2, 0.25) is 0 Å². The number of unbranched alkanes of at least 4 members (excludes halogenated alkanes) is 1. The average Bonchev–Trinajstić information content (AvgIpc) is 2.21. The van der Waals surface area contributed by atoms with Crippen LogP contribution >= 0.6 is 0 Å². The summed E-state index contributed by atoms with van der Waals surface area (Å²) in [6, 6.07) is 6.19. The Morgan fingerprint density at radius 1 is 1.36 bits per heavy atom. The molecule has 0 saturated heterocycles. The van der Waals surface area contributed by atoms with E-state index in [4.69, 9.17) is 4.84 Å². The van der Waals surface area contributed by atoms with Crippen LogP contribution in [0.4, 0.5) is 4.39 Å². The van der Waals surface area contributed by atoms with Crippen molar-refractivity contribution in [3.63, 3.8) is 0 Å². The van der Waals surface area contributed by atoms with Crippen molar-refractivity contribution < 1.29 is 9.23 Å². The van der Waals surface area contributed by atoms with Gasteiger partial charge in [-0.1, -0.05) is 30.6 Å². The predicted molar refractivity (Wildman–Crippen MR) is 54.6 cm³/mol. The van der Waals surface area contributed by atoms with E-state index in [9.17, 15) is 4.39 Å². The maximum absolute atomic E-state index is 12.5. The summed E-state index contributed by atoms with van der Waals surface area (Å²) in [5.41, 5.74) is 0.917. The molecule has 0 N–H and O–H groups in total. The third kappa shape index (κ3) is 4.03. The summed E-state index contributed by atoms with van der Waals surface area (Å²) >= 11 is 0. The minimum absolute atomic E-state index is 0.233. The summed E-state index contributed by atoms with van der Waals surface area (Å²) < 4.78 is 12.5. The van der Waals surface area contributed by atoms with E-state index in [2.05, 4.69) is 12.1 Å². The van der Waals surface area contributed by atoms with Crippen molar-refractivity contribution in [1.82, 2.24) is 0 Å². The highest BCUT2D eigenvalue weighted by molar-refractivity contribution is 5.55. The molecule has 0 radical (unpaired) electrons. The van der Waals surface area contributed by atoms with Crippen LogP contribution in [0, 0.1) is 5.82 Å². The summed E-state index contributed by atoms with van der Waals surface area (Å²) in [6.45, 7) is 2.46. The first-order chi connectivity index (χ1) is 6.83. The SMILES string of the molecule is CCCC=NOCc1ccc(F)cc1. The quantitative estimate of drug-likeness (QED) is 0.522. The fraction of sp³-hybridized carbons (Fsp3) is 0.364. The second kappa shape index (κ2) is 6.13. The van der Waals surface area contributed by atoms with Crippen molar-refractivity contribution in [1.29, 1.82) is 0 Å². The van der Waals surface area contributed by atoms with Crippen LogP contribution in [0.25, 0.3) is 0 Å². The van der Waals surface area contributed by atoms with Gasteiger partial charge in [-0.3, -0.25) is 0 Å². The Labute approximate surface area is 83.4 Å². The van der Waals surface area contributed by atoms with Crippen molar-refractivity contribution in [2.24, 2.45) is 5.16 Å². The van der Waals surface area contributed by atoms with Crippen molar-refractivity contribution in [2.45, 2.75) is 26.4 Å². The van der Waals surface area contributed by atoms with Crippen molar-refractivity contribution >= 4 is 6.21 Å². The third-order valence-corrected chi connectivity index (χ3v) is 1.71. The fourth-order valence-corrected chi connectivity index (χ4v) is 0.927.